The first-order valence-corrected chi connectivity index (χ1v) is 6.69. The van der Waals surface area contributed by atoms with E-state index in [0.717, 1.165) is 17.8 Å². The van der Waals surface area contributed by atoms with E-state index in [1.807, 2.05) is 18.2 Å². The minimum absolute atomic E-state index is 0.205. The van der Waals surface area contributed by atoms with Gasteiger partial charge in [0.25, 0.3) is 0 Å². The Morgan fingerprint density at radius 2 is 1.90 bits per heavy atom. The van der Waals surface area contributed by atoms with Crippen molar-refractivity contribution in [3.63, 3.8) is 0 Å². The molecule has 0 radical (unpaired) electrons. The van der Waals surface area contributed by atoms with Gasteiger partial charge in [0, 0.05) is 11.9 Å². The molecule has 5 heteroatoms. The summed E-state index contributed by atoms with van der Waals surface area (Å²) in [5.41, 5.74) is 0.663. The average Bonchev–Trinajstić information content (AvgIpc) is 2.46. The largest absolute Gasteiger partial charge is 0.416 e. The van der Waals surface area contributed by atoms with Crippen molar-refractivity contribution in [1.82, 2.24) is 4.98 Å². The predicted octanol–water partition coefficient (Wildman–Crippen LogP) is 3.64. The standard InChI is InChI=1S/C16H16F3NO/c17-16(18,19)13-5-3-4-12(10-13)11-15(21)8-7-14-6-1-2-9-20-14/h1-6,9-10,15,21H,7-8,11H2. The molecule has 1 heterocycles. The summed E-state index contributed by atoms with van der Waals surface area (Å²) in [5, 5.41) is 9.95. The van der Waals surface area contributed by atoms with E-state index in [1.165, 1.54) is 6.07 Å². The summed E-state index contributed by atoms with van der Waals surface area (Å²) < 4.78 is 37.8. The van der Waals surface area contributed by atoms with Crippen LogP contribution in [0.4, 0.5) is 13.2 Å². The van der Waals surface area contributed by atoms with Gasteiger partial charge in [0.1, 0.15) is 0 Å². The molecule has 112 valence electrons. The molecule has 0 spiro atoms. The number of benzene rings is 1. The number of pyridine rings is 1. The highest BCUT2D eigenvalue weighted by molar-refractivity contribution is 5.26. The molecule has 1 N–H and O–H groups in total. The van der Waals surface area contributed by atoms with Crippen LogP contribution in [0.15, 0.2) is 48.7 Å². The van der Waals surface area contributed by atoms with Gasteiger partial charge in [-0.1, -0.05) is 24.3 Å². The molecule has 2 nitrogen and oxygen atoms in total. The van der Waals surface area contributed by atoms with Crippen LogP contribution in [0.5, 0.6) is 0 Å². The van der Waals surface area contributed by atoms with Crippen LogP contribution in [0.3, 0.4) is 0 Å². The van der Waals surface area contributed by atoms with Gasteiger partial charge in [-0.05, 0) is 43.0 Å². The lowest BCUT2D eigenvalue weighted by Crippen LogP contribution is -2.13. The lowest BCUT2D eigenvalue weighted by molar-refractivity contribution is -0.137. The van der Waals surface area contributed by atoms with E-state index >= 15 is 0 Å². The van der Waals surface area contributed by atoms with Gasteiger partial charge in [0.05, 0.1) is 11.7 Å². The van der Waals surface area contributed by atoms with Crippen molar-refractivity contribution >= 4 is 0 Å². The Kier molecular flexibility index (Phi) is 4.96. The highest BCUT2D eigenvalue weighted by Gasteiger charge is 2.30. The molecule has 1 aromatic carbocycles. The number of hydrogen-bond acceptors (Lipinski definition) is 2. The zero-order chi connectivity index (χ0) is 15.3. The van der Waals surface area contributed by atoms with E-state index in [9.17, 15) is 18.3 Å². The van der Waals surface area contributed by atoms with E-state index in [4.69, 9.17) is 0 Å². The second-order valence-electron chi connectivity index (χ2n) is 4.92. The number of aliphatic hydroxyl groups is 1. The Balaban J connectivity index is 1.92. The Morgan fingerprint density at radius 3 is 2.57 bits per heavy atom. The van der Waals surface area contributed by atoms with Crippen LogP contribution in [0.25, 0.3) is 0 Å². The summed E-state index contributed by atoms with van der Waals surface area (Å²) in [4.78, 5) is 4.14. The third-order valence-electron chi connectivity index (χ3n) is 3.19. The zero-order valence-corrected chi connectivity index (χ0v) is 11.3. The predicted molar refractivity (Wildman–Crippen MR) is 73.7 cm³/mol. The maximum absolute atomic E-state index is 12.6. The molecule has 1 atom stereocenters. The van der Waals surface area contributed by atoms with Gasteiger partial charge in [-0.25, -0.2) is 0 Å². The van der Waals surface area contributed by atoms with Crippen molar-refractivity contribution in [3.8, 4) is 0 Å². The molecule has 0 bridgehead atoms. The number of rotatable bonds is 5. The summed E-state index contributed by atoms with van der Waals surface area (Å²) in [5.74, 6) is 0. The minimum atomic E-state index is -4.35. The van der Waals surface area contributed by atoms with E-state index in [-0.39, 0.29) is 6.42 Å². The number of aryl methyl sites for hydroxylation is 1. The highest BCUT2D eigenvalue weighted by Crippen LogP contribution is 2.29. The maximum Gasteiger partial charge on any atom is 0.416 e. The topological polar surface area (TPSA) is 33.1 Å². The molecule has 0 aliphatic heterocycles. The molecule has 0 amide bonds. The van der Waals surface area contributed by atoms with E-state index in [1.54, 1.807) is 12.3 Å². The summed E-state index contributed by atoms with van der Waals surface area (Å²) in [6.45, 7) is 0. The van der Waals surface area contributed by atoms with Gasteiger partial charge in [0.2, 0.25) is 0 Å². The van der Waals surface area contributed by atoms with Gasteiger partial charge >= 0.3 is 6.18 Å². The van der Waals surface area contributed by atoms with Crippen molar-refractivity contribution < 1.29 is 18.3 Å². The fourth-order valence-corrected chi connectivity index (χ4v) is 2.11. The van der Waals surface area contributed by atoms with Gasteiger partial charge in [-0.3, -0.25) is 4.98 Å². The number of hydrogen-bond donors (Lipinski definition) is 1. The van der Waals surface area contributed by atoms with Gasteiger partial charge in [0.15, 0.2) is 0 Å². The van der Waals surface area contributed by atoms with Crippen molar-refractivity contribution in [2.45, 2.75) is 31.5 Å². The monoisotopic (exact) mass is 295 g/mol. The van der Waals surface area contributed by atoms with Gasteiger partial charge in [-0.2, -0.15) is 13.2 Å². The molecular weight excluding hydrogens is 279 g/mol. The third-order valence-corrected chi connectivity index (χ3v) is 3.19. The second kappa shape index (κ2) is 6.72. The Bertz CT molecular complexity index is 569. The van der Waals surface area contributed by atoms with E-state index in [2.05, 4.69) is 4.98 Å². The SMILES string of the molecule is OC(CCc1ccccn1)Cc1cccc(C(F)(F)F)c1. The Hall–Kier alpha value is -1.88. The first-order chi connectivity index (χ1) is 9.95. The molecular formula is C16H16F3NO. The minimum Gasteiger partial charge on any atom is -0.393 e. The third kappa shape index (κ3) is 4.86. The van der Waals surface area contributed by atoms with Crippen LogP contribution in [0.1, 0.15) is 23.2 Å². The Morgan fingerprint density at radius 1 is 1.10 bits per heavy atom. The fourth-order valence-electron chi connectivity index (χ4n) is 2.11. The van der Waals surface area contributed by atoms with Crippen LogP contribution >= 0.6 is 0 Å². The van der Waals surface area contributed by atoms with Crippen LogP contribution in [-0.2, 0) is 19.0 Å². The first kappa shape index (κ1) is 15.5. The van der Waals surface area contributed by atoms with Crippen LogP contribution in [0, 0.1) is 0 Å². The summed E-state index contributed by atoms with van der Waals surface area (Å²) in [7, 11) is 0. The van der Waals surface area contributed by atoms with Crippen LogP contribution in [0.2, 0.25) is 0 Å². The molecule has 0 saturated heterocycles. The summed E-state index contributed by atoms with van der Waals surface area (Å²) in [6.07, 6.45) is -2.09. The number of nitrogens with zero attached hydrogens (tertiary/aromatic N) is 1. The van der Waals surface area contributed by atoms with Crippen LogP contribution < -0.4 is 0 Å². The van der Waals surface area contributed by atoms with Gasteiger partial charge < -0.3 is 5.11 Å². The number of alkyl halides is 3. The zero-order valence-electron chi connectivity index (χ0n) is 11.3. The maximum atomic E-state index is 12.6. The van der Waals surface area contributed by atoms with Crippen molar-refractivity contribution in [2.75, 3.05) is 0 Å². The highest BCUT2D eigenvalue weighted by atomic mass is 19.4. The average molecular weight is 295 g/mol. The van der Waals surface area contributed by atoms with Crippen LogP contribution in [-0.4, -0.2) is 16.2 Å². The lowest BCUT2D eigenvalue weighted by Gasteiger charge is -2.12. The molecule has 0 aliphatic rings. The summed E-state index contributed by atoms with van der Waals surface area (Å²) >= 11 is 0. The Labute approximate surface area is 121 Å². The van der Waals surface area contributed by atoms with E-state index in [0.29, 0.717) is 18.4 Å². The summed E-state index contributed by atoms with van der Waals surface area (Å²) in [6, 6.07) is 10.6. The normalized spacial score (nSPS) is 13.1. The fraction of sp³-hybridized carbons (Fsp3) is 0.312. The number of halogens is 3. The molecule has 2 rings (SSSR count). The number of aliphatic hydroxyl groups excluding tert-OH is 1. The molecule has 2 aromatic rings. The molecule has 0 aliphatic carbocycles. The van der Waals surface area contributed by atoms with Crippen molar-refractivity contribution in [2.24, 2.45) is 0 Å². The van der Waals surface area contributed by atoms with Crippen molar-refractivity contribution in [1.29, 1.82) is 0 Å². The first-order valence-electron chi connectivity index (χ1n) is 6.69. The molecule has 0 saturated carbocycles. The number of aromatic nitrogens is 1. The van der Waals surface area contributed by atoms with Crippen molar-refractivity contribution in [3.05, 3.63) is 65.5 Å². The quantitative estimate of drug-likeness (QED) is 0.913. The second-order valence-corrected chi connectivity index (χ2v) is 4.92. The smallest absolute Gasteiger partial charge is 0.393 e. The molecule has 0 fully saturated rings. The molecule has 1 unspecified atom stereocenters. The van der Waals surface area contributed by atoms with Gasteiger partial charge in [-0.15, -0.1) is 0 Å². The molecule has 21 heavy (non-hydrogen) atoms. The molecule has 1 aromatic heterocycles. The van der Waals surface area contributed by atoms with E-state index < -0.39 is 17.8 Å². The lowest BCUT2D eigenvalue weighted by atomic mass is 10.0.